The highest BCUT2D eigenvalue weighted by Crippen LogP contribution is 2.39. The van der Waals surface area contributed by atoms with Crippen LogP contribution in [0.25, 0.3) is 0 Å². The van der Waals surface area contributed by atoms with Gasteiger partial charge in [-0.3, -0.25) is 0 Å². The van der Waals surface area contributed by atoms with E-state index in [0.29, 0.717) is 17.9 Å². The number of aliphatic hydroxyl groups excluding tert-OH is 1. The Morgan fingerprint density at radius 2 is 1.67 bits per heavy atom. The summed E-state index contributed by atoms with van der Waals surface area (Å²) in [6.45, 7) is 5.99. The maximum absolute atomic E-state index is 12.8. The molecule has 0 aliphatic heterocycles. The minimum atomic E-state index is -2.98. The van der Waals surface area contributed by atoms with Crippen molar-refractivity contribution in [3.8, 4) is 0 Å². The van der Waals surface area contributed by atoms with E-state index in [-0.39, 0.29) is 0 Å². The monoisotopic (exact) mass is 263 g/mol. The molecule has 2 N–H and O–H groups in total. The Morgan fingerprint density at radius 1 is 1.11 bits per heavy atom. The van der Waals surface area contributed by atoms with Crippen LogP contribution in [0, 0.1) is 17.3 Å². The summed E-state index contributed by atoms with van der Waals surface area (Å²) in [6.07, 6.45) is 4.65. The lowest BCUT2D eigenvalue weighted by molar-refractivity contribution is -0.0482. The second-order valence-electron chi connectivity index (χ2n) is 6.73. The van der Waals surface area contributed by atoms with Crippen molar-refractivity contribution in [2.24, 2.45) is 17.3 Å². The third-order valence-corrected chi connectivity index (χ3v) is 4.12. The summed E-state index contributed by atoms with van der Waals surface area (Å²) < 4.78 is 25.6. The maximum Gasteiger partial charge on any atom is 0.282 e. The first-order chi connectivity index (χ1) is 8.24. The van der Waals surface area contributed by atoms with Gasteiger partial charge in [0, 0.05) is 0 Å². The Bertz CT molecular complexity index is 243. The van der Waals surface area contributed by atoms with Gasteiger partial charge in [0.25, 0.3) is 5.92 Å². The Labute approximate surface area is 109 Å². The van der Waals surface area contributed by atoms with Crippen LogP contribution in [0.2, 0.25) is 0 Å². The Balaban J connectivity index is 2.20. The molecule has 0 radical (unpaired) electrons. The van der Waals surface area contributed by atoms with E-state index in [1.54, 1.807) is 0 Å². The molecule has 0 spiro atoms. The van der Waals surface area contributed by atoms with E-state index < -0.39 is 19.1 Å². The van der Waals surface area contributed by atoms with Crippen LogP contribution in [0.4, 0.5) is 8.78 Å². The number of alkyl halides is 2. The molecule has 0 aromatic carbocycles. The number of halogens is 2. The first kappa shape index (κ1) is 15.8. The highest BCUT2D eigenvalue weighted by Gasteiger charge is 2.31. The zero-order chi connectivity index (χ0) is 13.8. The van der Waals surface area contributed by atoms with Crippen LogP contribution in [0.3, 0.4) is 0 Å². The number of nitrogens with one attached hydrogen (secondary N) is 1. The molecule has 1 rings (SSSR count). The average Bonchev–Trinajstić information content (AvgIpc) is 2.28. The van der Waals surface area contributed by atoms with Gasteiger partial charge in [0.15, 0.2) is 0 Å². The van der Waals surface area contributed by atoms with E-state index in [9.17, 15) is 8.78 Å². The largest absolute Gasteiger partial charge is 0.390 e. The number of rotatable bonds is 5. The molecule has 1 aliphatic carbocycles. The van der Waals surface area contributed by atoms with E-state index in [0.717, 1.165) is 18.8 Å². The number of aliphatic hydroxyl groups is 1. The first-order valence-corrected chi connectivity index (χ1v) is 6.94. The van der Waals surface area contributed by atoms with Crippen LogP contribution in [0.5, 0.6) is 0 Å². The quantitative estimate of drug-likeness (QED) is 0.799. The molecule has 0 aromatic heterocycles. The van der Waals surface area contributed by atoms with Crippen LogP contribution < -0.4 is 5.32 Å². The molecular formula is C14H27F2NO. The molecule has 1 aliphatic rings. The van der Waals surface area contributed by atoms with Crippen LogP contribution in [0.15, 0.2) is 0 Å². The zero-order valence-electron chi connectivity index (χ0n) is 11.8. The van der Waals surface area contributed by atoms with Crippen LogP contribution in [-0.4, -0.2) is 30.7 Å². The van der Waals surface area contributed by atoms with Gasteiger partial charge in [-0.25, -0.2) is 8.78 Å². The first-order valence-electron chi connectivity index (χ1n) is 6.94. The molecule has 4 heteroatoms. The highest BCUT2D eigenvalue weighted by molar-refractivity contribution is 4.81. The van der Waals surface area contributed by atoms with Crippen molar-refractivity contribution in [2.75, 3.05) is 19.7 Å². The van der Waals surface area contributed by atoms with Crippen LogP contribution >= 0.6 is 0 Å². The molecule has 1 saturated carbocycles. The molecule has 2 nitrogen and oxygen atoms in total. The number of hydrogen-bond acceptors (Lipinski definition) is 2. The molecule has 0 atom stereocenters. The van der Waals surface area contributed by atoms with E-state index >= 15 is 0 Å². The van der Waals surface area contributed by atoms with Gasteiger partial charge < -0.3 is 10.4 Å². The van der Waals surface area contributed by atoms with E-state index in [1.165, 1.54) is 12.8 Å². The summed E-state index contributed by atoms with van der Waals surface area (Å²) in [4.78, 5) is 0. The van der Waals surface area contributed by atoms with E-state index in [1.807, 2.05) is 0 Å². The van der Waals surface area contributed by atoms with Crippen molar-refractivity contribution < 1.29 is 13.9 Å². The van der Waals surface area contributed by atoms with Crippen molar-refractivity contribution >= 4 is 0 Å². The summed E-state index contributed by atoms with van der Waals surface area (Å²) in [6, 6.07) is 0. The van der Waals surface area contributed by atoms with Crippen LogP contribution in [0.1, 0.15) is 46.5 Å². The Kier molecular flexibility index (Phi) is 5.53. The molecule has 0 amide bonds. The third-order valence-electron chi connectivity index (χ3n) is 4.12. The molecule has 1 fully saturated rings. The Morgan fingerprint density at radius 3 is 2.11 bits per heavy atom. The molecule has 108 valence electrons. The van der Waals surface area contributed by atoms with Crippen molar-refractivity contribution in [3.63, 3.8) is 0 Å². The second kappa shape index (κ2) is 6.29. The fourth-order valence-corrected chi connectivity index (χ4v) is 2.75. The summed E-state index contributed by atoms with van der Waals surface area (Å²) in [7, 11) is 0. The van der Waals surface area contributed by atoms with Crippen molar-refractivity contribution in [3.05, 3.63) is 0 Å². The average molecular weight is 263 g/mol. The van der Waals surface area contributed by atoms with Gasteiger partial charge >= 0.3 is 0 Å². The topological polar surface area (TPSA) is 32.3 Å². The molecule has 0 saturated heterocycles. The lowest BCUT2D eigenvalue weighted by Gasteiger charge is -2.37. The number of hydrogen-bond donors (Lipinski definition) is 2. The van der Waals surface area contributed by atoms with Gasteiger partial charge in [-0.1, -0.05) is 20.8 Å². The predicted molar refractivity (Wildman–Crippen MR) is 69.8 cm³/mol. The van der Waals surface area contributed by atoms with Gasteiger partial charge in [0.1, 0.15) is 6.61 Å². The second-order valence-corrected chi connectivity index (χ2v) is 6.73. The molecule has 0 unspecified atom stereocenters. The summed E-state index contributed by atoms with van der Waals surface area (Å²) in [5, 5.41) is 11.3. The van der Waals surface area contributed by atoms with Gasteiger partial charge in [0.2, 0.25) is 0 Å². The lowest BCUT2D eigenvalue weighted by Crippen LogP contribution is -2.39. The standard InChI is InChI=1S/C14H27F2NO/c1-13(2,3)12-6-4-11(5-7-12)8-17-9-14(15,16)10-18/h11-12,17-18H,4-10H2,1-3H3. The maximum atomic E-state index is 12.8. The van der Waals surface area contributed by atoms with Crippen molar-refractivity contribution in [1.29, 1.82) is 0 Å². The molecule has 0 aromatic rings. The molecule has 0 bridgehead atoms. The highest BCUT2D eigenvalue weighted by atomic mass is 19.3. The predicted octanol–water partition coefficient (Wildman–Crippen LogP) is 3.06. The summed E-state index contributed by atoms with van der Waals surface area (Å²) in [5.41, 5.74) is 0.363. The summed E-state index contributed by atoms with van der Waals surface area (Å²) >= 11 is 0. The third kappa shape index (κ3) is 5.19. The fourth-order valence-electron chi connectivity index (χ4n) is 2.75. The minimum Gasteiger partial charge on any atom is -0.390 e. The van der Waals surface area contributed by atoms with Gasteiger partial charge in [-0.15, -0.1) is 0 Å². The van der Waals surface area contributed by atoms with Gasteiger partial charge in [-0.05, 0) is 49.5 Å². The zero-order valence-corrected chi connectivity index (χ0v) is 11.8. The summed E-state index contributed by atoms with van der Waals surface area (Å²) in [5.74, 6) is -1.71. The molecule has 18 heavy (non-hydrogen) atoms. The molecule has 0 heterocycles. The minimum absolute atomic E-state index is 0.363. The normalized spacial score (nSPS) is 26.3. The van der Waals surface area contributed by atoms with Gasteiger partial charge in [0.05, 0.1) is 6.54 Å². The van der Waals surface area contributed by atoms with Gasteiger partial charge in [-0.2, -0.15) is 0 Å². The van der Waals surface area contributed by atoms with Crippen LogP contribution in [-0.2, 0) is 0 Å². The van der Waals surface area contributed by atoms with E-state index in [2.05, 4.69) is 26.1 Å². The Hall–Kier alpha value is -0.220. The molecular weight excluding hydrogens is 236 g/mol. The lowest BCUT2D eigenvalue weighted by atomic mass is 9.70. The smallest absolute Gasteiger partial charge is 0.282 e. The van der Waals surface area contributed by atoms with E-state index in [4.69, 9.17) is 5.11 Å². The van der Waals surface area contributed by atoms with Crippen molar-refractivity contribution in [1.82, 2.24) is 5.32 Å². The fraction of sp³-hybridized carbons (Fsp3) is 1.00. The SMILES string of the molecule is CC(C)(C)C1CCC(CNCC(F)(F)CO)CC1. The van der Waals surface area contributed by atoms with Crippen molar-refractivity contribution in [2.45, 2.75) is 52.4 Å².